The van der Waals surface area contributed by atoms with Crippen molar-refractivity contribution in [3.63, 3.8) is 0 Å². The summed E-state index contributed by atoms with van der Waals surface area (Å²) in [6, 6.07) is 8.55. The van der Waals surface area contributed by atoms with Crippen LogP contribution in [0.5, 0.6) is 0 Å². The second-order valence-corrected chi connectivity index (χ2v) is 6.02. The molecule has 0 radical (unpaired) electrons. The summed E-state index contributed by atoms with van der Waals surface area (Å²) >= 11 is 0. The van der Waals surface area contributed by atoms with E-state index in [1.807, 2.05) is 29.9 Å². The molecule has 6 heteroatoms. The van der Waals surface area contributed by atoms with E-state index in [0.717, 1.165) is 37.4 Å². The molecule has 5 nitrogen and oxygen atoms in total. The SMILES string of the molecule is C=C(Cn1cc[n+](C)c1)NC1CCN(c2ccc(N)cc2)C1.[Cl-]. The van der Waals surface area contributed by atoms with Crippen LogP contribution in [0, 0.1) is 0 Å². The zero-order valence-corrected chi connectivity index (χ0v) is 14.2. The van der Waals surface area contributed by atoms with Gasteiger partial charge >= 0.3 is 0 Å². The zero-order valence-electron chi connectivity index (χ0n) is 13.5. The van der Waals surface area contributed by atoms with Crippen LogP contribution < -0.4 is 32.9 Å². The van der Waals surface area contributed by atoms with Crippen LogP contribution in [-0.4, -0.2) is 23.7 Å². The van der Waals surface area contributed by atoms with Gasteiger partial charge in [-0.1, -0.05) is 6.58 Å². The maximum Gasteiger partial charge on any atom is 0.243 e. The van der Waals surface area contributed by atoms with Gasteiger partial charge in [-0.2, -0.15) is 0 Å². The van der Waals surface area contributed by atoms with Crippen molar-refractivity contribution in [1.29, 1.82) is 0 Å². The lowest BCUT2D eigenvalue weighted by atomic mass is 10.2. The first-order valence-corrected chi connectivity index (χ1v) is 7.66. The molecule has 0 saturated carbocycles. The molecule has 1 aromatic carbocycles. The molecule has 3 rings (SSSR count). The number of hydrogen-bond acceptors (Lipinski definition) is 3. The van der Waals surface area contributed by atoms with Gasteiger partial charge in [-0.3, -0.25) is 0 Å². The smallest absolute Gasteiger partial charge is 0.243 e. The highest BCUT2D eigenvalue weighted by molar-refractivity contribution is 5.53. The maximum absolute atomic E-state index is 5.75. The van der Waals surface area contributed by atoms with Gasteiger partial charge in [0, 0.05) is 36.2 Å². The molecule has 124 valence electrons. The summed E-state index contributed by atoms with van der Waals surface area (Å²) in [5.74, 6) is 0. The van der Waals surface area contributed by atoms with Crippen molar-refractivity contribution in [3.05, 3.63) is 55.3 Å². The van der Waals surface area contributed by atoms with Crippen LogP contribution in [-0.2, 0) is 13.6 Å². The predicted octanol–water partition coefficient (Wildman–Crippen LogP) is -1.72. The normalized spacial score (nSPS) is 16.9. The zero-order chi connectivity index (χ0) is 15.5. The Hall–Kier alpha value is -2.14. The monoisotopic (exact) mass is 333 g/mol. The summed E-state index contributed by atoms with van der Waals surface area (Å²) in [6.45, 7) is 7.03. The minimum atomic E-state index is 0. The summed E-state index contributed by atoms with van der Waals surface area (Å²) < 4.78 is 4.16. The van der Waals surface area contributed by atoms with Crippen molar-refractivity contribution < 1.29 is 17.0 Å². The average Bonchev–Trinajstić information content (AvgIpc) is 3.09. The third kappa shape index (κ3) is 4.42. The third-order valence-electron chi connectivity index (χ3n) is 4.05. The number of nitrogens with zero attached hydrogens (tertiary/aromatic N) is 3. The van der Waals surface area contributed by atoms with Crippen molar-refractivity contribution in [2.45, 2.75) is 19.0 Å². The van der Waals surface area contributed by atoms with E-state index in [9.17, 15) is 0 Å². The molecule has 0 amide bonds. The van der Waals surface area contributed by atoms with Crippen LogP contribution >= 0.6 is 0 Å². The van der Waals surface area contributed by atoms with Gasteiger partial charge in [0.05, 0.1) is 7.05 Å². The molecule has 0 aliphatic carbocycles. The molecule has 1 aliphatic rings. The molecule has 0 spiro atoms. The standard InChI is InChI=1S/C17H24N5.ClH/c1-14(11-21-10-9-20(2)13-21)19-16-7-8-22(12-16)17-5-3-15(18)4-6-17;/h3-6,9-10,13,16,19H,1,7-8,11-12,18H2,2H3;1H/q+1;/p-1. The van der Waals surface area contributed by atoms with E-state index < -0.39 is 0 Å². The molecule has 1 aliphatic heterocycles. The Kier molecular flexibility index (Phi) is 5.55. The number of halogens is 1. The molecule has 0 bridgehead atoms. The molecule has 2 aromatic rings. The fourth-order valence-electron chi connectivity index (χ4n) is 2.95. The van der Waals surface area contributed by atoms with Crippen LogP contribution in [0.2, 0.25) is 0 Å². The summed E-state index contributed by atoms with van der Waals surface area (Å²) in [4.78, 5) is 2.39. The van der Waals surface area contributed by atoms with Gasteiger partial charge < -0.3 is 28.4 Å². The summed E-state index contributed by atoms with van der Waals surface area (Å²) in [7, 11) is 2.02. The van der Waals surface area contributed by atoms with Crippen molar-refractivity contribution in [1.82, 2.24) is 9.88 Å². The summed E-state index contributed by atoms with van der Waals surface area (Å²) in [6.07, 6.45) is 7.28. The van der Waals surface area contributed by atoms with Crippen LogP contribution in [0.3, 0.4) is 0 Å². The Balaban J connectivity index is 0.00000192. The lowest BCUT2D eigenvalue weighted by Gasteiger charge is -2.20. The number of allylic oxidation sites excluding steroid dienone is 1. The highest BCUT2D eigenvalue weighted by atomic mass is 35.5. The number of benzene rings is 1. The molecule has 1 atom stereocenters. The molecule has 3 N–H and O–H groups in total. The van der Waals surface area contributed by atoms with E-state index in [4.69, 9.17) is 5.73 Å². The van der Waals surface area contributed by atoms with Crippen LogP contribution in [0.15, 0.2) is 55.3 Å². The Morgan fingerprint density at radius 1 is 1.39 bits per heavy atom. The highest BCUT2D eigenvalue weighted by Gasteiger charge is 2.23. The lowest BCUT2D eigenvalue weighted by Crippen LogP contribution is -3.00. The second-order valence-electron chi connectivity index (χ2n) is 6.02. The Bertz CT molecular complexity index is 649. The lowest BCUT2D eigenvalue weighted by molar-refractivity contribution is -0.671. The van der Waals surface area contributed by atoms with Gasteiger partial charge in [-0.05, 0) is 30.7 Å². The van der Waals surface area contributed by atoms with Gasteiger partial charge in [-0.15, -0.1) is 0 Å². The Morgan fingerprint density at radius 2 is 2.13 bits per heavy atom. The van der Waals surface area contributed by atoms with E-state index in [1.54, 1.807) is 0 Å². The molecule has 23 heavy (non-hydrogen) atoms. The van der Waals surface area contributed by atoms with E-state index >= 15 is 0 Å². The minimum Gasteiger partial charge on any atom is -1.00 e. The predicted molar refractivity (Wildman–Crippen MR) is 89.4 cm³/mol. The topological polar surface area (TPSA) is 50.1 Å². The molecule has 1 saturated heterocycles. The van der Waals surface area contributed by atoms with E-state index in [1.165, 1.54) is 5.69 Å². The highest BCUT2D eigenvalue weighted by Crippen LogP contribution is 2.21. The molecule has 1 unspecified atom stereocenters. The number of aromatic nitrogens is 2. The fourth-order valence-corrected chi connectivity index (χ4v) is 2.95. The van der Waals surface area contributed by atoms with Gasteiger partial charge in [0.25, 0.3) is 0 Å². The van der Waals surface area contributed by atoms with E-state index in [2.05, 4.69) is 46.0 Å². The van der Waals surface area contributed by atoms with Gasteiger partial charge in [0.15, 0.2) is 0 Å². The Morgan fingerprint density at radius 3 is 2.78 bits per heavy atom. The number of nitrogen functional groups attached to an aromatic ring is 1. The quantitative estimate of drug-likeness (QED) is 0.506. The fraction of sp³-hybridized carbons (Fsp3) is 0.353. The van der Waals surface area contributed by atoms with Crippen LogP contribution in [0.4, 0.5) is 11.4 Å². The van der Waals surface area contributed by atoms with Gasteiger partial charge in [0.2, 0.25) is 6.33 Å². The number of anilines is 2. The van der Waals surface area contributed by atoms with Gasteiger partial charge in [0.1, 0.15) is 18.9 Å². The number of aryl methyl sites for hydroxylation is 1. The molecule has 1 aromatic heterocycles. The van der Waals surface area contributed by atoms with E-state index in [-0.39, 0.29) is 12.4 Å². The first kappa shape index (κ1) is 17.2. The van der Waals surface area contributed by atoms with Crippen molar-refractivity contribution >= 4 is 11.4 Å². The third-order valence-corrected chi connectivity index (χ3v) is 4.05. The van der Waals surface area contributed by atoms with Crippen molar-refractivity contribution in [2.75, 3.05) is 23.7 Å². The maximum atomic E-state index is 5.75. The number of nitrogens with two attached hydrogens (primary N) is 1. The first-order chi connectivity index (χ1) is 10.6. The largest absolute Gasteiger partial charge is 1.00 e. The van der Waals surface area contributed by atoms with Crippen LogP contribution in [0.1, 0.15) is 6.42 Å². The molecular weight excluding hydrogens is 310 g/mol. The number of nitrogens with one attached hydrogen (secondary N) is 1. The first-order valence-electron chi connectivity index (χ1n) is 7.66. The number of imidazole rings is 1. The molecule has 2 heterocycles. The van der Waals surface area contributed by atoms with E-state index in [0.29, 0.717) is 6.04 Å². The Labute approximate surface area is 143 Å². The van der Waals surface area contributed by atoms with Crippen molar-refractivity contribution in [2.24, 2.45) is 7.05 Å². The summed E-state index contributed by atoms with van der Waals surface area (Å²) in [5, 5.41) is 3.56. The van der Waals surface area contributed by atoms with Gasteiger partial charge in [-0.25, -0.2) is 9.13 Å². The molecular formula is C17H24ClN5. The molecule has 1 fully saturated rings. The number of rotatable bonds is 5. The minimum absolute atomic E-state index is 0. The number of hydrogen-bond donors (Lipinski definition) is 2. The average molecular weight is 334 g/mol. The second kappa shape index (κ2) is 7.42. The summed E-state index contributed by atoms with van der Waals surface area (Å²) in [5.41, 5.74) is 8.85. The van der Waals surface area contributed by atoms with Crippen LogP contribution in [0.25, 0.3) is 0 Å². The van der Waals surface area contributed by atoms with Crippen molar-refractivity contribution in [3.8, 4) is 0 Å².